The fourth-order valence-electron chi connectivity index (χ4n) is 2.51. The van der Waals surface area contributed by atoms with Crippen LogP contribution in [-0.2, 0) is 16.1 Å². The number of nitrogens with zero attached hydrogens (tertiary/aromatic N) is 1. The lowest BCUT2D eigenvalue weighted by molar-refractivity contribution is -0.142. The molecule has 0 aromatic heterocycles. The predicted octanol–water partition coefficient (Wildman–Crippen LogP) is 4.80. The molecule has 0 fully saturated rings. The Hall–Kier alpha value is -1.57. The molecule has 0 aliphatic rings. The average molecular weight is 533 g/mol. The van der Waals surface area contributed by atoms with Crippen LogP contribution in [0.4, 0.5) is 0 Å². The van der Waals surface area contributed by atoms with E-state index in [1.807, 2.05) is 31.2 Å². The van der Waals surface area contributed by atoms with Gasteiger partial charge in [0.05, 0.1) is 4.47 Å². The Kier molecular flexibility index (Phi) is 8.79. The standard InChI is InChI=1S/C20H21Br2ClN2O3/c1-3-24-20(27)13(2)25(11-14-4-6-15(21)7-5-14)19(26)12-28-18-9-8-16(23)10-17(18)22/h4-10,13H,3,11-12H2,1-2H3,(H,24,27)/t13-/m0/s1. The third-order valence-electron chi connectivity index (χ3n) is 4.03. The van der Waals surface area contributed by atoms with Crippen molar-refractivity contribution in [3.8, 4) is 5.75 Å². The molecular formula is C20H21Br2ClN2O3. The van der Waals surface area contributed by atoms with Crippen molar-refractivity contribution in [1.82, 2.24) is 10.2 Å². The van der Waals surface area contributed by atoms with Gasteiger partial charge in [-0.25, -0.2) is 0 Å². The molecule has 28 heavy (non-hydrogen) atoms. The first kappa shape index (κ1) is 22.7. The van der Waals surface area contributed by atoms with Gasteiger partial charge in [0, 0.05) is 22.6 Å². The van der Waals surface area contributed by atoms with E-state index in [0.29, 0.717) is 28.3 Å². The van der Waals surface area contributed by atoms with Crippen LogP contribution in [0.15, 0.2) is 51.4 Å². The molecule has 0 spiro atoms. The number of ether oxygens (including phenoxy) is 1. The van der Waals surface area contributed by atoms with Crippen molar-refractivity contribution in [2.45, 2.75) is 26.4 Å². The van der Waals surface area contributed by atoms with Crippen LogP contribution in [0.5, 0.6) is 5.75 Å². The van der Waals surface area contributed by atoms with E-state index in [9.17, 15) is 9.59 Å². The molecule has 2 aromatic rings. The minimum atomic E-state index is -0.631. The monoisotopic (exact) mass is 530 g/mol. The van der Waals surface area contributed by atoms with Gasteiger partial charge in [-0.05, 0) is 65.7 Å². The van der Waals surface area contributed by atoms with Gasteiger partial charge in [-0.15, -0.1) is 0 Å². The van der Waals surface area contributed by atoms with E-state index >= 15 is 0 Å². The number of carbonyl (C=O) groups excluding carboxylic acids is 2. The summed E-state index contributed by atoms with van der Waals surface area (Å²) in [5, 5.41) is 3.32. The van der Waals surface area contributed by atoms with Gasteiger partial charge in [0.2, 0.25) is 5.91 Å². The summed E-state index contributed by atoms with van der Waals surface area (Å²) >= 11 is 12.7. The zero-order valence-corrected chi connectivity index (χ0v) is 19.5. The van der Waals surface area contributed by atoms with Crippen LogP contribution in [0.3, 0.4) is 0 Å². The fourth-order valence-corrected chi connectivity index (χ4v) is 3.57. The number of hydrogen-bond donors (Lipinski definition) is 1. The zero-order chi connectivity index (χ0) is 20.7. The highest BCUT2D eigenvalue weighted by Gasteiger charge is 2.26. The van der Waals surface area contributed by atoms with Crippen molar-refractivity contribution in [2.75, 3.05) is 13.2 Å². The smallest absolute Gasteiger partial charge is 0.261 e. The van der Waals surface area contributed by atoms with Crippen molar-refractivity contribution in [2.24, 2.45) is 0 Å². The normalized spacial score (nSPS) is 11.6. The van der Waals surface area contributed by atoms with E-state index < -0.39 is 6.04 Å². The maximum atomic E-state index is 12.9. The Morgan fingerprint density at radius 3 is 2.46 bits per heavy atom. The topological polar surface area (TPSA) is 58.6 Å². The minimum Gasteiger partial charge on any atom is -0.483 e. The lowest BCUT2D eigenvalue weighted by Crippen LogP contribution is -2.49. The quantitative estimate of drug-likeness (QED) is 0.532. The second-order valence-corrected chi connectivity index (χ2v) is 8.29. The average Bonchev–Trinajstić information content (AvgIpc) is 2.66. The number of hydrogen-bond acceptors (Lipinski definition) is 3. The van der Waals surface area contributed by atoms with E-state index in [1.165, 1.54) is 4.90 Å². The molecule has 2 amide bonds. The third-order valence-corrected chi connectivity index (χ3v) is 5.41. The maximum Gasteiger partial charge on any atom is 0.261 e. The summed E-state index contributed by atoms with van der Waals surface area (Å²) in [7, 11) is 0. The molecule has 150 valence electrons. The van der Waals surface area contributed by atoms with Crippen LogP contribution < -0.4 is 10.1 Å². The largest absolute Gasteiger partial charge is 0.483 e. The first-order valence-electron chi connectivity index (χ1n) is 8.71. The molecule has 1 atom stereocenters. The summed E-state index contributed by atoms with van der Waals surface area (Å²) in [4.78, 5) is 26.7. The first-order valence-corrected chi connectivity index (χ1v) is 10.7. The van der Waals surface area contributed by atoms with Crippen LogP contribution in [0.1, 0.15) is 19.4 Å². The Morgan fingerprint density at radius 2 is 1.86 bits per heavy atom. The lowest BCUT2D eigenvalue weighted by atomic mass is 10.1. The van der Waals surface area contributed by atoms with Crippen LogP contribution in [0.2, 0.25) is 5.02 Å². The number of likely N-dealkylation sites (N-methyl/N-ethyl adjacent to an activating group) is 1. The van der Waals surface area contributed by atoms with Crippen LogP contribution in [-0.4, -0.2) is 35.9 Å². The summed E-state index contributed by atoms with van der Waals surface area (Å²) in [6.07, 6.45) is 0. The number of benzene rings is 2. The van der Waals surface area contributed by atoms with Gasteiger partial charge >= 0.3 is 0 Å². The number of halogens is 3. The molecule has 0 saturated carbocycles. The summed E-state index contributed by atoms with van der Waals surface area (Å²) < 4.78 is 7.25. The van der Waals surface area contributed by atoms with Crippen molar-refractivity contribution in [1.29, 1.82) is 0 Å². The van der Waals surface area contributed by atoms with Gasteiger partial charge in [0.1, 0.15) is 11.8 Å². The second kappa shape index (κ2) is 10.8. The Balaban J connectivity index is 2.15. The molecule has 0 heterocycles. The van der Waals surface area contributed by atoms with Gasteiger partial charge in [-0.2, -0.15) is 0 Å². The highest BCUT2D eigenvalue weighted by atomic mass is 79.9. The number of rotatable bonds is 8. The fraction of sp³-hybridized carbons (Fsp3) is 0.300. The van der Waals surface area contributed by atoms with E-state index in [1.54, 1.807) is 25.1 Å². The van der Waals surface area contributed by atoms with Crippen molar-refractivity contribution in [3.05, 3.63) is 62.0 Å². The summed E-state index contributed by atoms with van der Waals surface area (Å²) in [6.45, 7) is 4.15. The molecule has 2 aromatic carbocycles. The predicted molar refractivity (Wildman–Crippen MR) is 117 cm³/mol. The van der Waals surface area contributed by atoms with Crippen LogP contribution in [0, 0.1) is 0 Å². The van der Waals surface area contributed by atoms with E-state index in [4.69, 9.17) is 16.3 Å². The molecular weight excluding hydrogens is 511 g/mol. The van der Waals surface area contributed by atoms with E-state index in [2.05, 4.69) is 37.2 Å². The summed E-state index contributed by atoms with van der Waals surface area (Å²) in [5.41, 5.74) is 0.917. The van der Waals surface area contributed by atoms with Crippen molar-refractivity contribution < 1.29 is 14.3 Å². The molecule has 0 saturated heterocycles. The Labute approximate surface area is 186 Å². The molecule has 0 aliphatic heterocycles. The highest BCUT2D eigenvalue weighted by Crippen LogP contribution is 2.28. The van der Waals surface area contributed by atoms with Gasteiger partial charge in [0.15, 0.2) is 6.61 Å². The molecule has 2 rings (SSSR count). The van der Waals surface area contributed by atoms with E-state index in [-0.39, 0.29) is 18.4 Å². The molecule has 8 heteroatoms. The lowest BCUT2D eigenvalue weighted by Gasteiger charge is -2.28. The van der Waals surface area contributed by atoms with Crippen LogP contribution in [0.25, 0.3) is 0 Å². The maximum absolute atomic E-state index is 12.9. The van der Waals surface area contributed by atoms with Crippen molar-refractivity contribution >= 4 is 55.3 Å². The second-order valence-electron chi connectivity index (χ2n) is 6.08. The number of amides is 2. The van der Waals surface area contributed by atoms with Crippen molar-refractivity contribution in [3.63, 3.8) is 0 Å². The Bertz CT molecular complexity index is 831. The third kappa shape index (κ3) is 6.50. The highest BCUT2D eigenvalue weighted by molar-refractivity contribution is 9.10. The van der Waals surface area contributed by atoms with Crippen LogP contribution >= 0.6 is 43.5 Å². The molecule has 0 radical (unpaired) electrons. The van der Waals surface area contributed by atoms with Gasteiger partial charge < -0.3 is 15.0 Å². The molecule has 0 bridgehead atoms. The molecule has 0 aliphatic carbocycles. The molecule has 1 N–H and O–H groups in total. The minimum absolute atomic E-state index is 0.194. The van der Waals surface area contributed by atoms with Gasteiger partial charge in [-0.1, -0.05) is 39.7 Å². The van der Waals surface area contributed by atoms with Gasteiger partial charge in [-0.3, -0.25) is 9.59 Å². The van der Waals surface area contributed by atoms with E-state index in [0.717, 1.165) is 10.0 Å². The zero-order valence-electron chi connectivity index (χ0n) is 15.5. The molecule has 0 unspecified atom stereocenters. The Morgan fingerprint density at radius 1 is 1.18 bits per heavy atom. The SMILES string of the molecule is CCNC(=O)[C@H](C)N(Cc1ccc(Br)cc1)C(=O)COc1ccc(Cl)cc1Br. The summed E-state index contributed by atoms with van der Waals surface area (Å²) in [5.74, 6) is 0.0103. The first-order chi connectivity index (χ1) is 13.3. The summed E-state index contributed by atoms with van der Waals surface area (Å²) in [6, 6.07) is 12.0. The molecule has 5 nitrogen and oxygen atoms in total. The number of nitrogens with one attached hydrogen (secondary N) is 1. The number of carbonyl (C=O) groups is 2. The van der Waals surface area contributed by atoms with Gasteiger partial charge in [0.25, 0.3) is 5.91 Å².